The quantitative estimate of drug-likeness (QED) is 0.180. The number of benzene rings is 2. The van der Waals surface area contributed by atoms with Gasteiger partial charge in [-0.15, -0.1) is 0 Å². The summed E-state index contributed by atoms with van der Waals surface area (Å²) in [6, 6.07) is 11.0. The van der Waals surface area contributed by atoms with Gasteiger partial charge in [0.05, 0.1) is 22.1 Å². The van der Waals surface area contributed by atoms with Crippen molar-refractivity contribution in [1.82, 2.24) is 29.7 Å². The van der Waals surface area contributed by atoms with Crippen LogP contribution in [0, 0.1) is 11.8 Å². The molecule has 0 spiro atoms. The number of hydrogen-bond acceptors (Lipinski definition) is 9. The zero-order valence-electron chi connectivity index (χ0n) is 28.7. The summed E-state index contributed by atoms with van der Waals surface area (Å²) in [6.07, 6.45) is 8.47. The first-order chi connectivity index (χ1) is 25.1. The Morgan fingerprint density at radius 3 is 2.42 bits per heavy atom. The second-order valence-electron chi connectivity index (χ2n) is 13.3. The van der Waals surface area contributed by atoms with Gasteiger partial charge >= 0.3 is 0 Å². The minimum atomic E-state index is -1.04. The first-order valence-corrected chi connectivity index (χ1v) is 17.2. The van der Waals surface area contributed by atoms with Gasteiger partial charge in [0, 0.05) is 68.7 Å². The number of fused-ring (bicyclic) bond motifs is 2. The Labute approximate surface area is 299 Å². The standard InChI is InChI=1S/C38H36N8O6/c1-44(2)35(50)29-21-45(25-8-4-5-9-25)33-28(29)20-39-38(43-33)41-24-14-12-23(13-15-24)40-31(47)10-6-3-7-22-11-16-26-27(19-22)37(52)46(36(26)51)30-17-18-32(48)42-34(30)49/h11-16,19-21,25,30H,4-6,8-10,17-18H2,1-2H3,(H,40,47)(H,39,41,43)(H,42,48,49). The number of rotatable bonds is 8. The second kappa shape index (κ2) is 14.1. The van der Waals surface area contributed by atoms with Gasteiger partial charge in [0.2, 0.25) is 23.7 Å². The summed E-state index contributed by atoms with van der Waals surface area (Å²) in [5, 5.41) is 8.98. The number of hydrogen-bond donors (Lipinski definition) is 3. The zero-order valence-corrected chi connectivity index (χ0v) is 28.7. The molecular weight excluding hydrogens is 664 g/mol. The van der Waals surface area contributed by atoms with Crippen LogP contribution in [-0.4, -0.2) is 79.9 Å². The lowest BCUT2D eigenvalue weighted by Gasteiger charge is -2.27. The number of piperidine rings is 1. The molecule has 2 aliphatic heterocycles. The number of anilines is 3. The van der Waals surface area contributed by atoms with E-state index < -0.39 is 29.7 Å². The van der Waals surface area contributed by atoms with Crippen LogP contribution in [0.1, 0.15) is 94.0 Å². The number of carbonyl (C=O) groups excluding carboxylic acids is 6. The van der Waals surface area contributed by atoms with Crippen LogP contribution in [0.4, 0.5) is 17.3 Å². The van der Waals surface area contributed by atoms with Gasteiger partial charge < -0.3 is 20.1 Å². The van der Waals surface area contributed by atoms with Crippen molar-refractivity contribution in [3.8, 4) is 11.8 Å². The average Bonchev–Trinajstić information content (AvgIpc) is 3.85. The molecule has 7 rings (SSSR count). The minimum absolute atomic E-state index is 0.0449. The van der Waals surface area contributed by atoms with Crippen molar-refractivity contribution >= 4 is 63.8 Å². The molecule has 1 atom stereocenters. The fraction of sp³-hybridized carbons (Fsp3) is 0.316. The van der Waals surface area contributed by atoms with Gasteiger partial charge in [-0.2, -0.15) is 4.98 Å². The van der Waals surface area contributed by atoms with Crippen LogP contribution in [0.5, 0.6) is 0 Å². The smallest absolute Gasteiger partial charge is 0.262 e. The topological polar surface area (TPSA) is 176 Å². The number of nitrogens with one attached hydrogen (secondary N) is 3. The lowest BCUT2D eigenvalue weighted by atomic mass is 10.0. The highest BCUT2D eigenvalue weighted by molar-refractivity contribution is 6.23. The van der Waals surface area contributed by atoms with E-state index in [-0.39, 0.29) is 48.6 Å². The summed E-state index contributed by atoms with van der Waals surface area (Å²) in [4.78, 5) is 87.0. The fourth-order valence-corrected chi connectivity index (χ4v) is 6.84. The molecule has 2 aromatic carbocycles. The number of aromatic nitrogens is 3. The number of carbonyl (C=O) groups is 6. The maximum Gasteiger partial charge on any atom is 0.262 e. The molecule has 14 heteroatoms. The molecule has 1 saturated heterocycles. The summed E-state index contributed by atoms with van der Waals surface area (Å²) in [6.45, 7) is 0. The molecule has 6 amide bonds. The number of nitrogens with zero attached hydrogens (tertiary/aromatic N) is 5. The Bertz CT molecular complexity index is 2210. The van der Waals surface area contributed by atoms with E-state index >= 15 is 0 Å². The largest absolute Gasteiger partial charge is 0.345 e. The van der Waals surface area contributed by atoms with Crippen molar-refractivity contribution in [3.63, 3.8) is 0 Å². The van der Waals surface area contributed by atoms with Gasteiger partial charge in [0.15, 0.2) is 0 Å². The highest BCUT2D eigenvalue weighted by atomic mass is 16.2. The van der Waals surface area contributed by atoms with Crippen LogP contribution >= 0.6 is 0 Å². The third kappa shape index (κ3) is 6.72. The number of amides is 6. The maximum atomic E-state index is 13.1. The summed E-state index contributed by atoms with van der Waals surface area (Å²) < 4.78 is 2.11. The van der Waals surface area contributed by atoms with E-state index in [1.54, 1.807) is 55.5 Å². The summed E-state index contributed by atoms with van der Waals surface area (Å²) in [5.74, 6) is 3.67. The predicted octanol–water partition coefficient (Wildman–Crippen LogP) is 4.16. The summed E-state index contributed by atoms with van der Waals surface area (Å²) >= 11 is 0. The summed E-state index contributed by atoms with van der Waals surface area (Å²) in [5.41, 5.74) is 3.45. The van der Waals surface area contributed by atoms with E-state index in [2.05, 4.69) is 37.3 Å². The highest BCUT2D eigenvalue weighted by Gasteiger charge is 2.44. The molecule has 4 heterocycles. The molecule has 1 unspecified atom stereocenters. The van der Waals surface area contributed by atoms with Crippen LogP contribution in [0.15, 0.2) is 54.9 Å². The van der Waals surface area contributed by atoms with Gasteiger partial charge in [0.25, 0.3) is 17.7 Å². The van der Waals surface area contributed by atoms with Crippen molar-refractivity contribution in [1.29, 1.82) is 0 Å². The van der Waals surface area contributed by atoms with Gasteiger partial charge in [-0.25, -0.2) is 4.98 Å². The van der Waals surface area contributed by atoms with Crippen LogP contribution in [0.2, 0.25) is 0 Å². The molecule has 3 aliphatic rings. The van der Waals surface area contributed by atoms with Crippen LogP contribution < -0.4 is 16.0 Å². The molecule has 14 nitrogen and oxygen atoms in total. The van der Waals surface area contributed by atoms with E-state index in [0.717, 1.165) is 47.3 Å². The van der Waals surface area contributed by atoms with E-state index in [1.807, 2.05) is 6.20 Å². The summed E-state index contributed by atoms with van der Waals surface area (Å²) in [7, 11) is 3.46. The van der Waals surface area contributed by atoms with E-state index in [0.29, 0.717) is 28.8 Å². The molecule has 3 N–H and O–H groups in total. The van der Waals surface area contributed by atoms with Crippen LogP contribution in [0.3, 0.4) is 0 Å². The SMILES string of the molecule is CN(C)C(=O)c1cn(C2CCCC2)c2nc(Nc3ccc(NC(=O)CCC#Cc4ccc5c(c4)C(=O)N(C4CCC(=O)NC4=O)C5=O)cc3)ncc12. The van der Waals surface area contributed by atoms with Crippen molar-refractivity contribution in [2.45, 2.75) is 63.5 Å². The Morgan fingerprint density at radius 2 is 1.69 bits per heavy atom. The molecule has 0 bridgehead atoms. The predicted molar refractivity (Wildman–Crippen MR) is 191 cm³/mol. The van der Waals surface area contributed by atoms with Gasteiger partial charge in [-0.05, 0) is 61.7 Å². The van der Waals surface area contributed by atoms with E-state index in [4.69, 9.17) is 4.98 Å². The van der Waals surface area contributed by atoms with Gasteiger partial charge in [-0.1, -0.05) is 24.7 Å². The van der Waals surface area contributed by atoms with Crippen molar-refractivity contribution < 1.29 is 28.8 Å². The Kier molecular flexibility index (Phi) is 9.25. The monoisotopic (exact) mass is 700 g/mol. The van der Waals surface area contributed by atoms with E-state index in [9.17, 15) is 28.8 Å². The van der Waals surface area contributed by atoms with E-state index in [1.165, 1.54) is 12.1 Å². The minimum Gasteiger partial charge on any atom is -0.345 e. The molecule has 264 valence electrons. The van der Waals surface area contributed by atoms with Crippen molar-refractivity contribution in [3.05, 3.63) is 77.1 Å². The lowest BCUT2D eigenvalue weighted by molar-refractivity contribution is -0.136. The third-order valence-corrected chi connectivity index (χ3v) is 9.50. The molecule has 4 aromatic rings. The zero-order chi connectivity index (χ0) is 36.5. The molecule has 2 fully saturated rings. The normalized spacial score (nSPS) is 17.1. The van der Waals surface area contributed by atoms with Gasteiger partial charge in [-0.3, -0.25) is 39.0 Å². The van der Waals surface area contributed by atoms with Gasteiger partial charge in [0.1, 0.15) is 11.7 Å². The Morgan fingerprint density at radius 1 is 0.962 bits per heavy atom. The molecular formula is C38H36N8O6. The Balaban J connectivity index is 0.943. The molecule has 1 saturated carbocycles. The highest BCUT2D eigenvalue weighted by Crippen LogP contribution is 2.34. The third-order valence-electron chi connectivity index (χ3n) is 9.50. The molecule has 0 radical (unpaired) electrons. The second-order valence-corrected chi connectivity index (χ2v) is 13.3. The first kappa shape index (κ1) is 34.1. The number of imide groups is 2. The average molecular weight is 701 g/mol. The molecule has 2 aromatic heterocycles. The van der Waals surface area contributed by atoms with Crippen molar-refractivity contribution in [2.24, 2.45) is 0 Å². The fourth-order valence-electron chi connectivity index (χ4n) is 6.84. The van der Waals surface area contributed by atoms with Crippen LogP contribution in [-0.2, 0) is 14.4 Å². The van der Waals surface area contributed by atoms with Crippen molar-refractivity contribution in [2.75, 3.05) is 24.7 Å². The molecule has 1 aliphatic carbocycles. The lowest BCUT2D eigenvalue weighted by Crippen LogP contribution is -2.54. The molecule has 52 heavy (non-hydrogen) atoms. The van der Waals surface area contributed by atoms with Crippen LogP contribution in [0.25, 0.3) is 11.0 Å². The first-order valence-electron chi connectivity index (χ1n) is 17.2. The Hall–Kier alpha value is -6.36. The maximum absolute atomic E-state index is 13.1.